The monoisotopic (exact) mass is 588 g/mol. The Bertz CT molecular complexity index is 1110. The summed E-state index contributed by atoms with van der Waals surface area (Å²) in [6.07, 6.45) is 0.367. The average molecular weight is 589 g/mol. The molecule has 0 amide bonds. The van der Waals surface area contributed by atoms with Crippen LogP contribution >= 0.6 is 11.8 Å². The van der Waals surface area contributed by atoms with E-state index in [1.807, 2.05) is 45.9 Å². The van der Waals surface area contributed by atoms with Crippen LogP contribution in [0.2, 0.25) is 0 Å². The summed E-state index contributed by atoms with van der Waals surface area (Å²) >= 11 is 1.50. The Kier molecular flexibility index (Phi) is 10.9. The van der Waals surface area contributed by atoms with Gasteiger partial charge in [0.1, 0.15) is 28.8 Å². The van der Waals surface area contributed by atoms with E-state index in [0.29, 0.717) is 25.0 Å². The van der Waals surface area contributed by atoms with E-state index in [1.165, 1.54) is 17.3 Å². The number of methoxy groups -OCH3 is 1. The predicted octanol–water partition coefficient (Wildman–Crippen LogP) is 6.03. The smallest absolute Gasteiger partial charge is 0.320 e. The summed E-state index contributed by atoms with van der Waals surface area (Å²) in [5.74, 6) is -3.31. The third-order valence-electron chi connectivity index (χ3n) is 9.41. The highest BCUT2D eigenvalue weighted by Crippen LogP contribution is 2.49. The van der Waals surface area contributed by atoms with Crippen molar-refractivity contribution < 1.29 is 33.4 Å². The van der Waals surface area contributed by atoms with E-state index in [9.17, 15) is 19.2 Å². The van der Waals surface area contributed by atoms with Crippen molar-refractivity contribution in [2.24, 2.45) is 29.6 Å². The molecule has 8 heteroatoms. The Morgan fingerprint density at radius 1 is 0.951 bits per heavy atom. The summed E-state index contributed by atoms with van der Waals surface area (Å²) in [7, 11) is 1.59. The highest BCUT2D eigenvalue weighted by molar-refractivity contribution is 8.00. The number of carbonyl (C=O) groups excluding carboxylic acids is 4. The molecule has 2 aliphatic rings. The molecule has 0 spiro atoms. The van der Waals surface area contributed by atoms with Gasteiger partial charge in [-0.05, 0) is 51.5 Å². The number of thioether (sulfide) groups is 1. The lowest BCUT2D eigenvalue weighted by Crippen LogP contribution is -2.53. The van der Waals surface area contributed by atoms with Crippen molar-refractivity contribution in [2.75, 3.05) is 12.9 Å². The number of hydrogen-bond acceptors (Lipinski definition) is 8. The fourth-order valence-corrected chi connectivity index (χ4v) is 8.48. The van der Waals surface area contributed by atoms with E-state index in [1.54, 1.807) is 27.9 Å². The van der Waals surface area contributed by atoms with Gasteiger partial charge in [-0.3, -0.25) is 19.2 Å². The predicted molar refractivity (Wildman–Crippen MR) is 161 cm³/mol. The Balaban J connectivity index is 2.03. The van der Waals surface area contributed by atoms with Crippen molar-refractivity contribution in [3.8, 4) is 0 Å². The molecule has 10 unspecified atom stereocenters. The van der Waals surface area contributed by atoms with Crippen LogP contribution in [0.5, 0.6) is 0 Å². The number of ether oxygens (including phenoxy) is 3. The van der Waals surface area contributed by atoms with Crippen LogP contribution in [0.4, 0.5) is 0 Å². The lowest BCUT2D eigenvalue weighted by molar-refractivity contribution is -0.183. The molecule has 2 heterocycles. The van der Waals surface area contributed by atoms with Crippen LogP contribution in [0.1, 0.15) is 86.1 Å². The van der Waals surface area contributed by atoms with E-state index in [2.05, 4.69) is 19.1 Å². The molecule has 0 saturated carbocycles. The van der Waals surface area contributed by atoms with Crippen molar-refractivity contribution in [3.63, 3.8) is 0 Å². The Morgan fingerprint density at radius 2 is 1.54 bits per heavy atom. The highest BCUT2D eigenvalue weighted by Gasteiger charge is 2.61. The first-order valence-electron chi connectivity index (χ1n) is 14.9. The number of benzene rings is 1. The van der Waals surface area contributed by atoms with E-state index >= 15 is 0 Å². The normalized spacial score (nSPS) is 38.0. The van der Waals surface area contributed by atoms with Gasteiger partial charge in [-0.2, -0.15) is 0 Å². The van der Waals surface area contributed by atoms with Crippen LogP contribution in [0.25, 0.3) is 0 Å². The zero-order chi connectivity index (χ0) is 30.7. The van der Waals surface area contributed by atoms with Crippen molar-refractivity contribution in [1.29, 1.82) is 0 Å². The number of hydrogen-bond donors (Lipinski definition) is 0. The molecule has 0 radical (unpaired) electrons. The molecular formula is C33H48O7S. The second-order valence-electron chi connectivity index (χ2n) is 12.7. The Labute approximate surface area is 249 Å². The SMILES string of the molecule is CCC1OC(=O)C(C)C(=O)C(C)CC(C)(OC)CC(C)C(=O)C(C)C2C(SCC(C)c3ccccc3)C(=O)OC12C. The van der Waals surface area contributed by atoms with E-state index < -0.39 is 58.2 Å². The van der Waals surface area contributed by atoms with Crippen LogP contribution < -0.4 is 0 Å². The second kappa shape index (κ2) is 13.4. The molecule has 0 N–H and O–H groups in total. The molecule has 41 heavy (non-hydrogen) atoms. The topological polar surface area (TPSA) is 96.0 Å². The molecule has 10 atom stereocenters. The lowest BCUT2D eigenvalue weighted by Gasteiger charge is -2.41. The zero-order valence-corrected chi connectivity index (χ0v) is 26.9. The van der Waals surface area contributed by atoms with Gasteiger partial charge in [0.25, 0.3) is 0 Å². The first kappa shape index (κ1) is 33.3. The van der Waals surface area contributed by atoms with Gasteiger partial charge < -0.3 is 14.2 Å². The molecule has 0 aliphatic carbocycles. The average Bonchev–Trinajstić information content (AvgIpc) is 3.21. The molecule has 228 valence electrons. The lowest BCUT2D eigenvalue weighted by atomic mass is 9.70. The number of fused-ring (bicyclic) bond motifs is 1. The van der Waals surface area contributed by atoms with E-state index in [0.717, 1.165) is 0 Å². The molecule has 3 rings (SSSR count). The summed E-state index contributed by atoms with van der Waals surface area (Å²) in [6, 6.07) is 10.1. The molecular weight excluding hydrogens is 540 g/mol. The largest absolute Gasteiger partial charge is 0.458 e. The van der Waals surface area contributed by atoms with Gasteiger partial charge in [0, 0.05) is 36.5 Å². The molecule has 0 aromatic heterocycles. The summed E-state index contributed by atoms with van der Waals surface area (Å²) in [6.45, 7) is 14.8. The first-order chi connectivity index (χ1) is 19.2. The third kappa shape index (κ3) is 7.07. The van der Waals surface area contributed by atoms with Gasteiger partial charge in [-0.1, -0.05) is 65.0 Å². The number of cyclic esters (lactones) is 1. The third-order valence-corrected chi connectivity index (χ3v) is 10.9. The van der Waals surface area contributed by atoms with Gasteiger partial charge >= 0.3 is 11.9 Å². The maximum absolute atomic E-state index is 14.1. The van der Waals surface area contributed by atoms with Crippen molar-refractivity contribution in [3.05, 3.63) is 35.9 Å². The summed E-state index contributed by atoms with van der Waals surface area (Å²) < 4.78 is 18.0. The second-order valence-corrected chi connectivity index (χ2v) is 13.9. The first-order valence-corrected chi connectivity index (χ1v) is 16.0. The number of esters is 2. The maximum Gasteiger partial charge on any atom is 0.320 e. The van der Waals surface area contributed by atoms with Gasteiger partial charge in [-0.15, -0.1) is 11.8 Å². The van der Waals surface area contributed by atoms with E-state index in [-0.39, 0.29) is 23.4 Å². The molecule has 2 fully saturated rings. The Morgan fingerprint density at radius 3 is 2.10 bits per heavy atom. The van der Waals surface area contributed by atoms with Crippen molar-refractivity contribution in [2.45, 2.75) is 103 Å². The van der Waals surface area contributed by atoms with Crippen LogP contribution in [-0.2, 0) is 33.4 Å². The number of ketones is 2. The van der Waals surface area contributed by atoms with Gasteiger partial charge in [0.05, 0.1) is 5.60 Å². The minimum absolute atomic E-state index is 0.00935. The minimum Gasteiger partial charge on any atom is -0.458 e. The molecule has 0 bridgehead atoms. The summed E-state index contributed by atoms with van der Waals surface area (Å²) in [5, 5.41) is -0.606. The fraction of sp³-hybridized carbons (Fsp3) is 0.697. The van der Waals surface area contributed by atoms with Crippen LogP contribution in [-0.4, -0.2) is 58.9 Å². The molecule has 7 nitrogen and oxygen atoms in total. The van der Waals surface area contributed by atoms with E-state index in [4.69, 9.17) is 14.2 Å². The van der Waals surface area contributed by atoms with Crippen LogP contribution in [0.3, 0.4) is 0 Å². The number of rotatable bonds is 6. The van der Waals surface area contributed by atoms with Gasteiger partial charge in [-0.25, -0.2) is 0 Å². The van der Waals surface area contributed by atoms with Gasteiger partial charge in [0.15, 0.2) is 5.60 Å². The minimum atomic E-state index is -1.23. The summed E-state index contributed by atoms with van der Waals surface area (Å²) in [5.41, 5.74) is -0.800. The highest BCUT2D eigenvalue weighted by atomic mass is 32.2. The fourth-order valence-electron chi connectivity index (χ4n) is 6.89. The maximum atomic E-state index is 14.1. The zero-order valence-electron chi connectivity index (χ0n) is 26.1. The summed E-state index contributed by atoms with van der Waals surface area (Å²) in [4.78, 5) is 54.2. The Hall–Kier alpha value is -2.19. The van der Waals surface area contributed by atoms with Crippen LogP contribution in [0.15, 0.2) is 30.3 Å². The molecule has 2 saturated heterocycles. The quantitative estimate of drug-likeness (QED) is 0.294. The number of carbonyl (C=O) groups is 4. The molecule has 1 aromatic rings. The number of Topliss-reactive ketones (excluding diaryl/α,β-unsaturated/α-hetero) is 2. The standard InChI is InChI=1S/C33H48O7S/c1-10-25-33(8)26(29(31(37)40-33)41-18-21(4)24-14-12-11-13-15-24)22(5)27(34)19(2)16-32(7,38-9)17-20(3)28(35)23(6)30(36)39-25/h11-15,19-23,25-26,29H,10,16-18H2,1-9H3. The van der Waals surface area contributed by atoms with Crippen molar-refractivity contribution >= 4 is 35.3 Å². The molecule has 1 aromatic carbocycles. The van der Waals surface area contributed by atoms with Crippen LogP contribution in [0, 0.1) is 29.6 Å². The molecule has 2 aliphatic heterocycles. The van der Waals surface area contributed by atoms with Gasteiger partial charge in [0.2, 0.25) is 0 Å². The van der Waals surface area contributed by atoms with Crippen molar-refractivity contribution in [1.82, 2.24) is 0 Å².